The smallest absolute Gasteiger partial charge is 0.358 e. The van der Waals surface area contributed by atoms with Gasteiger partial charge in [-0.05, 0) is 37.0 Å². The van der Waals surface area contributed by atoms with Crippen LogP contribution in [0.15, 0.2) is 41.2 Å². The van der Waals surface area contributed by atoms with Gasteiger partial charge in [-0.1, -0.05) is 17.3 Å². The highest BCUT2D eigenvalue weighted by Crippen LogP contribution is 2.59. The van der Waals surface area contributed by atoms with E-state index in [9.17, 15) is 22.4 Å². The molecule has 1 saturated carbocycles. The van der Waals surface area contributed by atoms with Gasteiger partial charge in [-0.3, -0.25) is 4.79 Å². The molecular formula is C20H18F4N4O2. The van der Waals surface area contributed by atoms with Crippen molar-refractivity contribution in [3.8, 4) is 11.1 Å². The zero-order valence-corrected chi connectivity index (χ0v) is 15.8. The van der Waals surface area contributed by atoms with Crippen molar-refractivity contribution in [2.24, 2.45) is 0 Å². The lowest BCUT2D eigenvalue weighted by Crippen LogP contribution is -2.28. The van der Waals surface area contributed by atoms with Crippen LogP contribution in [0.1, 0.15) is 31.4 Å². The van der Waals surface area contributed by atoms with Gasteiger partial charge < -0.3 is 9.84 Å². The largest absolute Gasteiger partial charge is 0.401 e. The van der Waals surface area contributed by atoms with Crippen LogP contribution in [0.25, 0.3) is 11.1 Å². The maximum Gasteiger partial charge on any atom is 0.401 e. The van der Waals surface area contributed by atoms with Gasteiger partial charge in [0.2, 0.25) is 5.91 Å². The molecule has 0 aliphatic heterocycles. The molecule has 3 aromatic rings. The van der Waals surface area contributed by atoms with E-state index in [4.69, 9.17) is 4.52 Å². The first kappa shape index (κ1) is 20.0. The molecule has 1 aliphatic carbocycles. The summed E-state index contributed by atoms with van der Waals surface area (Å²) in [5.41, 5.74) is -0.712. The molecule has 6 nitrogen and oxygen atoms in total. The Morgan fingerprint density at radius 2 is 1.90 bits per heavy atom. The molecule has 0 saturated heterocycles. The Morgan fingerprint density at radius 1 is 1.20 bits per heavy atom. The Balaban J connectivity index is 0.00000272. The number of aromatic nitrogens is 3. The number of carbonyl (C=O) groups is 1. The molecule has 1 aromatic carbocycles. The number of benzene rings is 1. The van der Waals surface area contributed by atoms with Crippen LogP contribution in [0.4, 0.5) is 23.4 Å². The summed E-state index contributed by atoms with van der Waals surface area (Å²) in [4.78, 5) is 20.3. The number of nitrogens with one attached hydrogen (secondary N) is 1. The fourth-order valence-corrected chi connectivity index (χ4v) is 3.13. The van der Waals surface area contributed by atoms with Gasteiger partial charge in [0.05, 0.1) is 6.42 Å². The first-order valence-electron chi connectivity index (χ1n) is 9.09. The minimum atomic E-state index is -4.44. The van der Waals surface area contributed by atoms with Crippen molar-refractivity contribution in [3.05, 3.63) is 59.6 Å². The quantitative estimate of drug-likeness (QED) is 0.608. The van der Waals surface area contributed by atoms with Crippen LogP contribution >= 0.6 is 0 Å². The number of anilines is 1. The molecule has 2 heterocycles. The van der Waals surface area contributed by atoms with Crippen molar-refractivity contribution < 1.29 is 28.3 Å². The van der Waals surface area contributed by atoms with Crippen molar-refractivity contribution in [2.45, 2.75) is 37.8 Å². The van der Waals surface area contributed by atoms with Crippen molar-refractivity contribution in [1.82, 2.24) is 15.1 Å². The lowest BCUT2D eigenvalue weighted by Gasteiger charge is -2.14. The van der Waals surface area contributed by atoms with Crippen LogP contribution in [0.2, 0.25) is 0 Å². The molecule has 0 bridgehead atoms. The summed E-state index contributed by atoms with van der Waals surface area (Å²) in [5, 5.41) is 5.83. The number of carbonyl (C=O) groups excluding carboxylic acids is 1. The molecule has 10 heteroatoms. The summed E-state index contributed by atoms with van der Waals surface area (Å²) in [5.74, 6) is -1.11. The highest BCUT2D eigenvalue weighted by molar-refractivity contribution is 5.91. The van der Waals surface area contributed by atoms with Crippen LogP contribution in [-0.2, 0) is 16.6 Å². The molecule has 0 spiro atoms. The first-order valence-corrected chi connectivity index (χ1v) is 9.09. The van der Waals surface area contributed by atoms with Gasteiger partial charge >= 0.3 is 6.18 Å². The SMILES string of the molecule is Cc1ncc(-c2ccc(CC(=O)Nc3cc(C4(C(F)(F)F)CC4)on3)c(F)c2)cn1.[HH]. The number of halogens is 4. The van der Waals surface area contributed by atoms with E-state index < -0.39 is 23.3 Å². The number of amides is 1. The van der Waals surface area contributed by atoms with E-state index >= 15 is 0 Å². The molecule has 2 aromatic heterocycles. The highest BCUT2D eigenvalue weighted by Gasteiger charge is 2.66. The monoisotopic (exact) mass is 422 g/mol. The maximum atomic E-state index is 14.4. The molecule has 1 aliphatic rings. The van der Waals surface area contributed by atoms with Gasteiger partial charge in [-0.2, -0.15) is 13.2 Å². The van der Waals surface area contributed by atoms with Crippen LogP contribution < -0.4 is 5.32 Å². The Labute approximate surface area is 169 Å². The lowest BCUT2D eigenvalue weighted by atomic mass is 10.0. The van der Waals surface area contributed by atoms with Gasteiger partial charge in [0, 0.05) is 25.5 Å². The second-order valence-electron chi connectivity index (χ2n) is 7.21. The molecule has 0 atom stereocenters. The second-order valence-corrected chi connectivity index (χ2v) is 7.21. The zero-order valence-electron chi connectivity index (χ0n) is 15.8. The molecule has 0 radical (unpaired) electrons. The van der Waals surface area contributed by atoms with Gasteiger partial charge in [0.15, 0.2) is 11.6 Å². The molecular weight excluding hydrogens is 404 g/mol. The molecule has 4 rings (SSSR count). The Hall–Kier alpha value is -3.30. The highest BCUT2D eigenvalue weighted by atomic mass is 19.4. The number of hydrogen-bond donors (Lipinski definition) is 1. The van der Waals surface area contributed by atoms with Crippen molar-refractivity contribution in [3.63, 3.8) is 0 Å². The Kier molecular flexibility index (Phi) is 4.79. The lowest BCUT2D eigenvalue weighted by molar-refractivity contribution is -0.165. The van der Waals surface area contributed by atoms with E-state index in [1.807, 2.05) is 0 Å². The number of alkyl halides is 3. The molecule has 158 valence electrons. The summed E-state index contributed by atoms with van der Waals surface area (Å²) in [6, 6.07) is 5.43. The molecule has 1 fully saturated rings. The molecule has 0 unspecified atom stereocenters. The van der Waals surface area contributed by atoms with Gasteiger partial charge in [0.1, 0.15) is 17.1 Å². The topological polar surface area (TPSA) is 80.9 Å². The normalized spacial score (nSPS) is 15.1. The standard InChI is InChI=1S/C20H16F4N4O2.H2/c1-11-25-9-14(10-26-11)12-2-3-13(15(21)6-12)7-18(29)27-17-8-16(30-28-17)19(4-5-19)20(22,23)24;/h2-3,6,8-10H,4-5,7H2,1H3,(H,27,28,29);1H. The maximum absolute atomic E-state index is 14.4. The molecule has 30 heavy (non-hydrogen) atoms. The van der Waals surface area contributed by atoms with Gasteiger partial charge in [-0.15, -0.1) is 0 Å². The average Bonchev–Trinajstić information content (AvgIpc) is 3.38. The van der Waals surface area contributed by atoms with E-state index in [0.29, 0.717) is 17.0 Å². The number of nitrogens with zero attached hydrogens (tertiary/aromatic N) is 3. The van der Waals surface area contributed by atoms with Gasteiger partial charge in [0.25, 0.3) is 0 Å². The fourth-order valence-electron chi connectivity index (χ4n) is 3.13. The van der Waals surface area contributed by atoms with Crippen molar-refractivity contribution >= 4 is 11.7 Å². The van der Waals surface area contributed by atoms with E-state index in [2.05, 4.69) is 20.4 Å². The van der Waals surface area contributed by atoms with E-state index in [-0.39, 0.29) is 37.8 Å². The first-order chi connectivity index (χ1) is 14.2. The minimum absolute atomic E-state index is 0. The fraction of sp³-hybridized carbons (Fsp3) is 0.300. The summed E-state index contributed by atoms with van der Waals surface area (Å²) in [6.07, 6.45) is -1.78. The Bertz CT molecular complexity index is 1100. The molecule has 1 amide bonds. The Morgan fingerprint density at radius 3 is 2.50 bits per heavy atom. The third-order valence-electron chi connectivity index (χ3n) is 5.06. The van der Waals surface area contributed by atoms with Crippen molar-refractivity contribution in [2.75, 3.05) is 5.32 Å². The summed E-state index contributed by atoms with van der Waals surface area (Å²) < 4.78 is 58.6. The van der Waals surface area contributed by atoms with Gasteiger partial charge in [-0.25, -0.2) is 14.4 Å². The third-order valence-corrected chi connectivity index (χ3v) is 5.06. The summed E-state index contributed by atoms with van der Waals surface area (Å²) >= 11 is 0. The van der Waals surface area contributed by atoms with E-state index in [1.165, 1.54) is 12.1 Å². The number of hydrogen-bond acceptors (Lipinski definition) is 5. The third kappa shape index (κ3) is 3.77. The minimum Gasteiger partial charge on any atom is -0.358 e. The summed E-state index contributed by atoms with van der Waals surface area (Å²) in [7, 11) is 0. The number of aryl methyl sites for hydroxylation is 1. The summed E-state index contributed by atoms with van der Waals surface area (Å²) in [6.45, 7) is 1.73. The van der Waals surface area contributed by atoms with Crippen LogP contribution in [0, 0.1) is 12.7 Å². The average molecular weight is 422 g/mol. The predicted octanol–water partition coefficient (Wildman–Crippen LogP) is 4.60. The van der Waals surface area contributed by atoms with Crippen molar-refractivity contribution in [1.29, 1.82) is 0 Å². The van der Waals surface area contributed by atoms with Crippen LogP contribution in [-0.4, -0.2) is 27.2 Å². The predicted molar refractivity (Wildman–Crippen MR) is 100 cm³/mol. The molecule has 1 N–H and O–H groups in total. The van der Waals surface area contributed by atoms with Crippen LogP contribution in [0.5, 0.6) is 0 Å². The number of rotatable bonds is 5. The zero-order chi connectivity index (χ0) is 21.5. The van der Waals surface area contributed by atoms with E-state index in [0.717, 1.165) is 6.07 Å². The van der Waals surface area contributed by atoms with Crippen LogP contribution in [0.3, 0.4) is 0 Å². The van der Waals surface area contributed by atoms with E-state index in [1.54, 1.807) is 25.4 Å². The second kappa shape index (κ2) is 7.19.